The molecule has 0 aliphatic carbocycles. The highest BCUT2D eigenvalue weighted by Gasteiger charge is 2.06. The molecule has 0 aliphatic heterocycles. The minimum absolute atomic E-state index is 0.101. The highest BCUT2D eigenvalue weighted by atomic mass is 79.9. The summed E-state index contributed by atoms with van der Waals surface area (Å²) in [7, 11) is 0. The molecule has 5 rings (SSSR count). The Morgan fingerprint density at radius 2 is 1.03 bits per heavy atom. The Labute approximate surface area is 227 Å². The van der Waals surface area contributed by atoms with Crippen molar-refractivity contribution in [2.75, 3.05) is 5.73 Å². The molecule has 0 saturated carbocycles. The van der Waals surface area contributed by atoms with Gasteiger partial charge in [0.15, 0.2) is 0 Å². The Morgan fingerprint density at radius 1 is 0.579 bits per heavy atom. The van der Waals surface area contributed by atoms with Crippen LogP contribution in [0.5, 0.6) is 0 Å². The van der Waals surface area contributed by atoms with Crippen molar-refractivity contribution in [3.63, 3.8) is 0 Å². The Morgan fingerprint density at radius 3 is 1.47 bits per heavy atom. The van der Waals surface area contributed by atoms with Crippen molar-refractivity contribution in [1.82, 2.24) is 9.97 Å². The maximum atomic E-state index is 10.6. The van der Waals surface area contributed by atoms with E-state index >= 15 is 0 Å². The van der Waals surface area contributed by atoms with Crippen LogP contribution in [0.15, 0.2) is 126 Å². The van der Waals surface area contributed by atoms with Crippen molar-refractivity contribution < 1.29 is 9.85 Å². The fourth-order valence-electron chi connectivity index (χ4n) is 3.20. The van der Waals surface area contributed by atoms with Crippen LogP contribution in [0, 0.1) is 20.2 Å². The number of nitro groups is 2. The van der Waals surface area contributed by atoms with Crippen molar-refractivity contribution >= 4 is 33.0 Å². The van der Waals surface area contributed by atoms with Crippen LogP contribution >= 0.6 is 15.9 Å². The van der Waals surface area contributed by atoms with Crippen LogP contribution in [0.3, 0.4) is 0 Å². The number of non-ortho nitro benzene ring substituents is 2. The fraction of sp³-hybridized carbons (Fsp3) is 0. The number of anilines is 1. The Kier molecular flexibility index (Phi) is 10.1. The summed E-state index contributed by atoms with van der Waals surface area (Å²) in [5.41, 5.74) is 10.7. The largest absolute Gasteiger partial charge is 0.399 e. The fourth-order valence-corrected chi connectivity index (χ4v) is 3.58. The number of nitrogens with zero attached hydrogens (tertiary/aromatic N) is 4. The molecule has 0 saturated heterocycles. The topological polar surface area (TPSA) is 138 Å². The number of nitrogen functional groups attached to an aromatic ring is 1. The smallest absolute Gasteiger partial charge is 0.270 e. The summed E-state index contributed by atoms with van der Waals surface area (Å²) < 4.78 is 0.724. The van der Waals surface area contributed by atoms with Gasteiger partial charge in [0.2, 0.25) is 0 Å². The second kappa shape index (κ2) is 14.0. The number of nitro benzene ring substituents is 2. The van der Waals surface area contributed by atoms with E-state index in [9.17, 15) is 20.2 Å². The van der Waals surface area contributed by atoms with Crippen molar-refractivity contribution in [3.05, 3.63) is 147 Å². The lowest BCUT2D eigenvalue weighted by atomic mass is 10.1. The maximum absolute atomic E-state index is 10.6. The van der Waals surface area contributed by atoms with Gasteiger partial charge in [-0.1, -0.05) is 46.3 Å². The summed E-state index contributed by atoms with van der Waals surface area (Å²) in [6.07, 6.45) is 6.87. The molecule has 0 radical (unpaired) electrons. The number of nitrogens with two attached hydrogens (primary N) is 1. The molecule has 9 nitrogen and oxygen atoms in total. The van der Waals surface area contributed by atoms with Crippen molar-refractivity contribution in [1.29, 1.82) is 0 Å². The van der Waals surface area contributed by atoms with Crippen molar-refractivity contribution in [2.24, 2.45) is 0 Å². The number of hydrogen-bond donors (Lipinski definition) is 1. The van der Waals surface area contributed by atoms with E-state index in [4.69, 9.17) is 5.73 Å². The van der Waals surface area contributed by atoms with E-state index in [1.807, 2.05) is 54.6 Å². The predicted octanol–water partition coefficient (Wildman–Crippen LogP) is 7.34. The maximum Gasteiger partial charge on any atom is 0.270 e. The van der Waals surface area contributed by atoms with Gasteiger partial charge in [0.05, 0.1) is 9.85 Å². The SMILES string of the molecule is Nc1cccc(-c2ccncc2)c1.O=[N+]([O-])c1cccc(-c2ccncc2)c1.O=[N+]([O-])c1cccc(Br)c1. The molecule has 10 heteroatoms. The average Bonchev–Trinajstić information content (AvgIpc) is 2.95. The van der Waals surface area contributed by atoms with Gasteiger partial charge < -0.3 is 5.73 Å². The van der Waals surface area contributed by atoms with Gasteiger partial charge in [0.1, 0.15) is 0 Å². The van der Waals surface area contributed by atoms with Crippen molar-refractivity contribution in [2.45, 2.75) is 0 Å². The second-order valence-corrected chi connectivity index (χ2v) is 8.56. The normalized spacial score (nSPS) is 9.71. The molecular weight excluding hydrogens is 550 g/mol. The average molecular weight is 572 g/mol. The van der Waals surface area contributed by atoms with E-state index in [-0.39, 0.29) is 11.4 Å². The number of aromatic nitrogens is 2. The molecule has 0 aliphatic rings. The third-order valence-corrected chi connectivity index (χ3v) is 5.48. The van der Waals surface area contributed by atoms with E-state index in [0.29, 0.717) is 0 Å². The molecule has 5 aromatic rings. The highest BCUT2D eigenvalue weighted by molar-refractivity contribution is 9.10. The molecule has 0 amide bonds. The van der Waals surface area contributed by atoms with Gasteiger partial charge in [0, 0.05) is 59.2 Å². The van der Waals surface area contributed by atoms with Crippen LogP contribution in [0.25, 0.3) is 22.3 Å². The zero-order chi connectivity index (χ0) is 27.3. The van der Waals surface area contributed by atoms with Gasteiger partial charge in [-0.05, 0) is 64.7 Å². The molecule has 0 bridgehead atoms. The standard InChI is InChI=1S/C11H8N2O2.C11H10N2.C6H4BrNO2/c14-13(15)11-3-1-2-10(8-11)9-4-6-12-7-5-9;12-11-3-1-2-10(8-11)9-4-6-13-7-5-9;7-5-2-1-3-6(4-5)8(9)10/h1-8H;1-8H,12H2;1-4H. The summed E-state index contributed by atoms with van der Waals surface area (Å²) in [4.78, 5) is 27.7. The van der Waals surface area contributed by atoms with Gasteiger partial charge in [-0.2, -0.15) is 0 Å². The van der Waals surface area contributed by atoms with E-state index in [2.05, 4.69) is 25.9 Å². The lowest BCUT2D eigenvalue weighted by molar-refractivity contribution is -0.385. The lowest BCUT2D eigenvalue weighted by Gasteiger charge is -2.01. The first kappa shape index (κ1) is 27.6. The van der Waals surface area contributed by atoms with E-state index < -0.39 is 9.85 Å². The first-order valence-corrected chi connectivity index (χ1v) is 11.9. The van der Waals surface area contributed by atoms with Gasteiger partial charge in [-0.15, -0.1) is 0 Å². The minimum atomic E-state index is -0.426. The van der Waals surface area contributed by atoms with Crippen LogP contribution in [0.1, 0.15) is 0 Å². The molecule has 0 fully saturated rings. The zero-order valence-corrected chi connectivity index (χ0v) is 21.5. The quantitative estimate of drug-likeness (QED) is 0.135. The molecule has 2 aromatic heterocycles. The first-order valence-electron chi connectivity index (χ1n) is 11.1. The number of benzene rings is 3. The van der Waals surface area contributed by atoms with Crippen LogP contribution in [0.4, 0.5) is 17.1 Å². The number of pyridine rings is 2. The summed E-state index contributed by atoms with van der Waals surface area (Å²) >= 11 is 3.13. The first-order chi connectivity index (χ1) is 18.3. The van der Waals surface area contributed by atoms with E-state index in [1.54, 1.807) is 49.1 Å². The van der Waals surface area contributed by atoms with Gasteiger partial charge in [-0.3, -0.25) is 30.2 Å². The third-order valence-electron chi connectivity index (χ3n) is 4.99. The van der Waals surface area contributed by atoms with E-state index in [0.717, 1.165) is 32.4 Å². The minimum Gasteiger partial charge on any atom is -0.399 e. The molecule has 3 aromatic carbocycles. The molecule has 2 N–H and O–H groups in total. The van der Waals surface area contributed by atoms with Gasteiger partial charge in [-0.25, -0.2) is 0 Å². The molecule has 0 spiro atoms. The van der Waals surface area contributed by atoms with Gasteiger partial charge >= 0.3 is 0 Å². The lowest BCUT2D eigenvalue weighted by Crippen LogP contribution is -1.87. The molecule has 2 heterocycles. The molecule has 0 unspecified atom stereocenters. The van der Waals surface area contributed by atoms with Gasteiger partial charge in [0.25, 0.3) is 11.4 Å². The Balaban J connectivity index is 0.000000161. The molecule has 38 heavy (non-hydrogen) atoms. The molecular formula is C28H22BrN5O4. The predicted molar refractivity (Wildman–Crippen MR) is 151 cm³/mol. The summed E-state index contributed by atoms with van der Waals surface area (Å²) in [6.45, 7) is 0. The second-order valence-electron chi connectivity index (χ2n) is 7.64. The summed E-state index contributed by atoms with van der Waals surface area (Å²) in [5.74, 6) is 0. The Bertz CT molecular complexity index is 1500. The highest BCUT2D eigenvalue weighted by Crippen LogP contribution is 2.23. The number of hydrogen-bond acceptors (Lipinski definition) is 7. The summed E-state index contributed by atoms with van der Waals surface area (Å²) in [6, 6.07) is 28.2. The molecule has 190 valence electrons. The van der Waals surface area contributed by atoms with Crippen LogP contribution in [-0.4, -0.2) is 19.8 Å². The van der Waals surface area contributed by atoms with Crippen molar-refractivity contribution in [3.8, 4) is 22.3 Å². The summed E-state index contributed by atoms with van der Waals surface area (Å²) in [5, 5.41) is 20.7. The zero-order valence-electron chi connectivity index (χ0n) is 19.9. The van der Waals surface area contributed by atoms with Crippen LogP contribution in [0.2, 0.25) is 0 Å². The number of halogens is 1. The van der Waals surface area contributed by atoms with Crippen LogP contribution < -0.4 is 5.73 Å². The Hall–Kier alpha value is -4.96. The molecule has 0 atom stereocenters. The van der Waals surface area contributed by atoms with E-state index in [1.165, 1.54) is 18.2 Å². The monoisotopic (exact) mass is 571 g/mol. The number of rotatable bonds is 4. The third kappa shape index (κ3) is 8.61. The van der Waals surface area contributed by atoms with Crippen LogP contribution in [-0.2, 0) is 0 Å².